The van der Waals surface area contributed by atoms with Gasteiger partial charge in [0, 0.05) is 18.5 Å². The van der Waals surface area contributed by atoms with Crippen molar-refractivity contribution in [3.8, 4) is 0 Å². The summed E-state index contributed by atoms with van der Waals surface area (Å²) < 4.78 is 28.1. The second-order valence-electron chi connectivity index (χ2n) is 4.39. The van der Waals surface area contributed by atoms with Gasteiger partial charge in [-0.05, 0) is 6.42 Å². The number of nitrogens with two attached hydrogens (primary N) is 1. The van der Waals surface area contributed by atoms with Gasteiger partial charge in [0.2, 0.25) is 0 Å². The van der Waals surface area contributed by atoms with E-state index >= 15 is 0 Å². The van der Waals surface area contributed by atoms with Crippen LogP contribution in [0.3, 0.4) is 0 Å². The number of carboxylic acid groups (broad SMARTS) is 1. The Morgan fingerprint density at radius 2 is 1.89 bits per heavy atom. The van der Waals surface area contributed by atoms with E-state index in [1.807, 2.05) is 0 Å². The number of aliphatic carboxylic acids is 1. The monoisotopic (exact) mass is 257 g/mol. The fourth-order valence-corrected chi connectivity index (χ4v) is 1.86. The smallest absolute Gasteiger partial charge is 0.311 e. The lowest BCUT2D eigenvalue weighted by Gasteiger charge is -2.30. The highest BCUT2D eigenvalue weighted by molar-refractivity contribution is 5.75. The Balaban J connectivity index is 3.04. The van der Waals surface area contributed by atoms with Gasteiger partial charge in [-0.3, -0.25) is 4.79 Å². The molecule has 0 aliphatic rings. The predicted octanol–water partition coefficient (Wildman–Crippen LogP) is 2.61. The first-order valence-electron chi connectivity index (χ1n) is 5.75. The van der Waals surface area contributed by atoms with Gasteiger partial charge in [-0.25, -0.2) is 8.78 Å². The molecule has 0 aliphatic heterocycles. The molecule has 0 saturated heterocycles. The quantitative estimate of drug-likeness (QED) is 0.823. The van der Waals surface area contributed by atoms with Gasteiger partial charge >= 0.3 is 5.97 Å². The third kappa shape index (κ3) is 2.85. The Hall–Kier alpha value is -1.49. The van der Waals surface area contributed by atoms with E-state index in [2.05, 4.69) is 0 Å². The van der Waals surface area contributed by atoms with Crippen LogP contribution in [-0.2, 0) is 10.7 Å². The van der Waals surface area contributed by atoms with Gasteiger partial charge in [0.05, 0.1) is 5.41 Å². The van der Waals surface area contributed by atoms with Crippen LogP contribution < -0.4 is 5.73 Å². The van der Waals surface area contributed by atoms with Gasteiger partial charge in [-0.1, -0.05) is 37.3 Å². The summed E-state index contributed by atoms with van der Waals surface area (Å²) in [6.07, 6.45) is -0.715. The van der Waals surface area contributed by atoms with Gasteiger partial charge in [0.25, 0.3) is 5.92 Å². The largest absolute Gasteiger partial charge is 0.481 e. The molecule has 0 fully saturated rings. The molecule has 100 valence electrons. The highest BCUT2D eigenvalue weighted by atomic mass is 19.3. The third-order valence-electron chi connectivity index (χ3n) is 3.28. The average Bonchev–Trinajstić information content (AvgIpc) is 2.37. The van der Waals surface area contributed by atoms with Crippen molar-refractivity contribution in [3.05, 3.63) is 35.9 Å². The zero-order valence-corrected chi connectivity index (χ0v) is 10.2. The maximum Gasteiger partial charge on any atom is 0.311 e. The molecule has 0 heterocycles. The van der Waals surface area contributed by atoms with Gasteiger partial charge in [0.1, 0.15) is 0 Å². The summed E-state index contributed by atoms with van der Waals surface area (Å²) in [5, 5.41) is 9.12. The Morgan fingerprint density at radius 1 is 1.33 bits per heavy atom. The van der Waals surface area contributed by atoms with E-state index in [9.17, 15) is 13.6 Å². The van der Waals surface area contributed by atoms with E-state index in [1.54, 1.807) is 13.0 Å². The summed E-state index contributed by atoms with van der Waals surface area (Å²) in [5.41, 5.74) is 3.62. The van der Waals surface area contributed by atoms with Crippen LogP contribution in [-0.4, -0.2) is 17.6 Å². The SMILES string of the molecule is CCC(CN)(CC(F)(F)c1ccccc1)C(=O)O. The summed E-state index contributed by atoms with van der Waals surface area (Å²) in [6.45, 7) is 1.25. The molecule has 1 atom stereocenters. The standard InChI is InChI=1S/C13H17F2NO2/c1-2-12(9-16,11(17)18)8-13(14,15)10-6-4-3-5-7-10/h3-7H,2,8-9,16H2,1H3,(H,17,18). The lowest BCUT2D eigenvalue weighted by atomic mass is 9.78. The van der Waals surface area contributed by atoms with Crippen molar-refractivity contribution in [2.75, 3.05) is 6.54 Å². The summed E-state index contributed by atoms with van der Waals surface area (Å²) in [6, 6.07) is 7.21. The van der Waals surface area contributed by atoms with Crippen molar-refractivity contribution >= 4 is 5.97 Å². The topological polar surface area (TPSA) is 63.3 Å². The van der Waals surface area contributed by atoms with Crippen molar-refractivity contribution < 1.29 is 18.7 Å². The van der Waals surface area contributed by atoms with Crippen LogP contribution in [0, 0.1) is 5.41 Å². The van der Waals surface area contributed by atoms with Gasteiger partial charge in [0.15, 0.2) is 0 Å². The molecule has 3 N–H and O–H groups in total. The molecule has 0 radical (unpaired) electrons. The molecule has 0 saturated carbocycles. The van der Waals surface area contributed by atoms with Crippen molar-refractivity contribution in [3.63, 3.8) is 0 Å². The van der Waals surface area contributed by atoms with Crippen LogP contribution in [0.25, 0.3) is 0 Å². The molecular weight excluding hydrogens is 240 g/mol. The van der Waals surface area contributed by atoms with Crippen LogP contribution in [0.2, 0.25) is 0 Å². The van der Waals surface area contributed by atoms with E-state index in [0.717, 1.165) is 0 Å². The lowest BCUT2D eigenvalue weighted by molar-refractivity contribution is -0.156. The summed E-state index contributed by atoms with van der Waals surface area (Å²) >= 11 is 0. The van der Waals surface area contributed by atoms with E-state index in [0.29, 0.717) is 0 Å². The van der Waals surface area contributed by atoms with Crippen molar-refractivity contribution in [1.82, 2.24) is 0 Å². The molecule has 18 heavy (non-hydrogen) atoms. The number of carboxylic acids is 1. The number of hydrogen-bond donors (Lipinski definition) is 2. The van der Waals surface area contributed by atoms with Crippen molar-refractivity contribution in [1.29, 1.82) is 0 Å². The van der Waals surface area contributed by atoms with E-state index in [-0.39, 0.29) is 18.5 Å². The van der Waals surface area contributed by atoms with Gasteiger partial charge in [-0.2, -0.15) is 0 Å². The second-order valence-corrected chi connectivity index (χ2v) is 4.39. The molecule has 1 unspecified atom stereocenters. The second kappa shape index (κ2) is 5.44. The van der Waals surface area contributed by atoms with E-state index < -0.39 is 23.7 Å². The van der Waals surface area contributed by atoms with Gasteiger partial charge < -0.3 is 10.8 Å². The predicted molar refractivity (Wildman–Crippen MR) is 64.4 cm³/mol. The van der Waals surface area contributed by atoms with Crippen molar-refractivity contribution in [2.24, 2.45) is 11.1 Å². The minimum absolute atomic E-state index is 0.0707. The van der Waals surface area contributed by atoms with Crippen LogP contribution in [0.1, 0.15) is 25.3 Å². The average molecular weight is 257 g/mol. The first-order valence-corrected chi connectivity index (χ1v) is 5.75. The molecule has 0 aliphatic carbocycles. The summed E-state index contributed by atoms with van der Waals surface area (Å²) in [7, 11) is 0. The fourth-order valence-electron chi connectivity index (χ4n) is 1.86. The molecule has 0 aromatic heterocycles. The molecule has 0 spiro atoms. The molecule has 1 rings (SSSR count). The molecule has 0 amide bonds. The highest BCUT2D eigenvalue weighted by Crippen LogP contribution is 2.41. The molecule has 3 nitrogen and oxygen atoms in total. The van der Waals surface area contributed by atoms with Crippen molar-refractivity contribution in [2.45, 2.75) is 25.7 Å². The Bertz CT molecular complexity index is 403. The van der Waals surface area contributed by atoms with Crippen LogP contribution in [0.4, 0.5) is 8.78 Å². The number of alkyl halides is 2. The molecular formula is C13H17F2NO2. The van der Waals surface area contributed by atoms with E-state index in [4.69, 9.17) is 10.8 Å². The Kier molecular flexibility index (Phi) is 4.40. The Labute approximate surface area is 105 Å². The van der Waals surface area contributed by atoms with Crippen LogP contribution in [0.5, 0.6) is 0 Å². The number of halogens is 2. The zero-order valence-electron chi connectivity index (χ0n) is 10.2. The minimum atomic E-state index is -3.20. The lowest BCUT2D eigenvalue weighted by Crippen LogP contribution is -2.42. The maximum atomic E-state index is 14.1. The summed E-state index contributed by atoms with van der Waals surface area (Å²) in [4.78, 5) is 11.2. The van der Waals surface area contributed by atoms with Crippen LogP contribution in [0.15, 0.2) is 30.3 Å². The molecule has 1 aromatic rings. The number of rotatable bonds is 6. The normalized spacial score (nSPS) is 15.1. The third-order valence-corrected chi connectivity index (χ3v) is 3.28. The molecule has 1 aromatic carbocycles. The van der Waals surface area contributed by atoms with Gasteiger partial charge in [-0.15, -0.1) is 0 Å². The van der Waals surface area contributed by atoms with Crippen LogP contribution >= 0.6 is 0 Å². The number of hydrogen-bond acceptors (Lipinski definition) is 2. The van der Waals surface area contributed by atoms with E-state index in [1.165, 1.54) is 24.3 Å². The molecule has 5 heteroatoms. The first-order chi connectivity index (χ1) is 8.38. The zero-order chi connectivity index (χ0) is 13.8. The minimum Gasteiger partial charge on any atom is -0.481 e. The fraction of sp³-hybridized carbons (Fsp3) is 0.462. The Morgan fingerprint density at radius 3 is 2.28 bits per heavy atom. The maximum absolute atomic E-state index is 14.1. The highest BCUT2D eigenvalue weighted by Gasteiger charge is 2.46. The summed E-state index contributed by atoms with van der Waals surface area (Å²) in [5.74, 6) is -4.47. The number of benzene rings is 1. The molecule has 0 bridgehead atoms. The number of carbonyl (C=O) groups is 1. The first kappa shape index (κ1) is 14.6.